The molecule has 1 saturated heterocycles. The van der Waals surface area contributed by atoms with Crippen LogP contribution in [-0.2, 0) is 19.3 Å². The molecule has 5 nitrogen and oxygen atoms in total. The van der Waals surface area contributed by atoms with Gasteiger partial charge >= 0.3 is 0 Å². The van der Waals surface area contributed by atoms with Crippen molar-refractivity contribution in [2.24, 2.45) is 0 Å². The zero-order valence-corrected chi connectivity index (χ0v) is 21.9. The van der Waals surface area contributed by atoms with Crippen LogP contribution in [0.2, 0.25) is 0 Å². The van der Waals surface area contributed by atoms with Crippen molar-refractivity contribution < 1.29 is 0 Å². The number of fused-ring (bicyclic) bond motifs is 3. The van der Waals surface area contributed by atoms with E-state index in [1.807, 2.05) is 0 Å². The number of hydrogen-bond acceptors (Lipinski definition) is 4. The number of nitrogens with zero attached hydrogens (tertiary/aromatic N) is 3. The quantitative estimate of drug-likeness (QED) is 0.296. The third kappa shape index (κ3) is 4.54. The molecule has 0 radical (unpaired) electrons. The van der Waals surface area contributed by atoms with Crippen LogP contribution in [0.4, 0.5) is 11.4 Å². The monoisotopic (exact) mass is 531 g/mol. The van der Waals surface area contributed by atoms with Gasteiger partial charge in [0, 0.05) is 70.2 Å². The topological polar surface area (TPSA) is 61.2 Å². The van der Waals surface area contributed by atoms with Crippen LogP contribution in [0.1, 0.15) is 42.5 Å². The lowest BCUT2D eigenvalue weighted by molar-refractivity contribution is 0.253. The molecule has 0 unspecified atom stereocenters. The molecule has 0 saturated carbocycles. The summed E-state index contributed by atoms with van der Waals surface area (Å²) in [6.07, 6.45) is 10.3. The zero-order chi connectivity index (χ0) is 23.8. The van der Waals surface area contributed by atoms with Crippen molar-refractivity contribution in [1.29, 1.82) is 0 Å². The van der Waals surface area contributed by atoms with Crippen molar-refractivity contribution in [1.82, 2.24) is 14.9 Å². The first-order chi connectivity index (χ1) is 17.2. The maximum Gasteiger partial charge on any atom is 0.0747 e. The summed E-state index contributed by atoms with van der Waals surface area (Å²) >= 11 is 3.61. The molecule has 1 fully saturated rings. The Morgan fingerprint density at radius 1 is 1.00 bits per heavy atom. The molecule has 0 atom stereocenters. The van der Waals surface area contributed by atoms with Crippen LogP contribution in [0.15, 0.2) is 47.1 Å². The van der Waals surface area contributed by atoms with Crippen molar-refractivity contribution in [3.05, 3.63) is 63.9 Å². The van der Waals surface area contributed by atoms with E-state index in [1.165, 1.54) is 71.0 Å². The molecule has 3 heterocycles. The number of H-pyrrole nitrogens is 1. The Kier molecular flexibility index (Phi) is 6.42. The molecule has 1 aliphatic carbocycles. The van der Waals surface area contributed by atoms with E-state index in [2.05, 4.69) is 73.3 Å². The molecule has 6 heteroatoms. The van der Waals surface area contributed by atoms with Crippen LogP contribution in [0.5, 0.6) is 0 Å². The number of hydrogen-bond donors (Lipinski definition) is 2. The van der Waals surface area contributed by atoms with Crippen molar-refractivity contribution in [2.45, 2.75) is 44.9 Å². The smallest absolute Gasteiger partial charge is 0.0747 e. The predicted molar refractivity (Wildman–Crippen MR) is 150 cm³/mol. The number of unbranched alkanes of at least 4 members (excludes halogenated alkanes) is 1. The summed E-state index contributed by atoms with van der Waals surface area (Å²) in [7, 11) is 0. The third-order valence-electron chi connectivity index (χ3n) is 7.92. The van der Waals surface area contributed by atoms with E-state index < -0.39 is 0 Å². The van der Waals surface area contributed by atoms with Gasteiger partial charge in [-0.15, -0.1) is 0 Å². The molecule has 2 aromatic heterocycles. The molecular weight excluding hydrogens is 498 g/mol. The lowest BCUT2D eigenvalue weighted by Gasteiger charge is -2.37. The van der Waals surface area contributed by atoms with Crippen LogP contribution < -0.4 is 10.6 Å². The second-order valence-electron chi connectivity index (χ2n) is 10.1. The Morgan fingerprint density at radius 2 is 1.86 bits per heavy atom. The molecular formula is C29H34BrN5. The van der Waals surface area contributed by atoms with Crippen LogP contribution in [0.3, 0.4) is 0 Å². The SMILES string of the molecule is Nc1c2c(nc3cccc(N4CCN(CCCCc5c[nH]c6ccc(Br)cc56)CC4)c13)CCCC2. The minimum absolute atomic E-state index is 0.979. The molecule has 6 rings (SSSR count). The molecule has 4 aromatic rings. The van der Waals surface area contributed by atoms with Crippen molar-refractivity contribution in [2.75, 3.05) is 43.4 Å². The molecule has 1 aliphatic heterocycles. The molecule has 182 valence electrons. The summed E-state index contributed by atoms with van der Waals surface area (Å²) in [5, 5.41) is 2.52. The van der Waals surface area contributed by atoms with Crippen molar-refractivity contribution in [3.63, 3.8) is 0 Å². The number of benzene rings is 2. The fourth-order valence-electron chi connectivity index (χ4n) is 5.98. The normalized spacial score (nSPS) is 16.8. The number of rotatable bonds is 6. The average molecular weight is 533 g/mol. The summed E-state index contributed by atoms with van der Waals surface area (Å²) < 4.78 is 1.15. The van der Waals surface area contributed by atoms with Gasteiger partial charge in [-0.2, -0.15) is 0 Å². The second-order valence-corrected chi connectivity index (χ2v) is 11.0. The van der Waals surface area contributed by atoms with Gasteiger partial charge in [-0.1, -0.05) is 22.0 Å². The number of halogens is 1. The molecule has 0 bridgehead atoms. The van der Waals surface area contributed by atoms with Crippen LogP contribution in [0.25, 0.3) is 21.8 Å². The van der Waals surface area contributed by atoms with Gasteiger partial charge in [-0.05, 0) is 92.9 Å². The number of piperazine rings is 1. The minimum Gasteiger partial charge on any atom is -0.398 e. The highest BCUT2D eigenvalue weighted by atomic mass is 79.9. The van der Waals surface area contributed by atoms with Gasteiger partial charge in [-0.3, -0.25) is 9.88 Å². The van der Waals surface area contributed by atoms with E-state index >= 15 is 0 Å². The number of aryl methyl sites for hydroxylation is 2. The molecule has 35 heavy (non-hydrogen) atoms. The Hall–Kier alpha value is -2.57. The first kappa shape index (κ1) is 22.9. The Bertz CT molecular complexity index is 1350. The van der Waals surface area contributed by atoms with E-state index in [4.69, 9.17) is 10.7 Å². The van der Waals surface area contributed by atoms with Crippen molar-refractivity contribution >= 4 is 49.1 Å². The fourth-order valence-corrected chi connectivity index (χ4v) is 6.34. The summed E-state index contributed by atoms with van der Waals surface area (Å²) in [6, 6.07) is 13.0. The van der Waals surface area contributed by atoms with Gasteiger partial charge < -0.3 is 15.6 Å². The number of nitrogens with one attached hydrogen (secondary N) is 1. The Balaban J connectivity index is 1.06. The van der Waals surface area contributed by atoms with Gasteiger partial charge in [0.25, 0.3) is 0 Å². The molecule has 3 N–H and O–H groups in total. The van der Waals surface area contributed by atoms with E-state index in [0.717, 1.165) is 61.1 Å². The minimum atomic E-state index is 0.979. The first-order valence-electron chi connectivity index (χ1n) is 13.1. The summed E-state index contributed by atoms with van der Waals surface area (Å²) in [5.41, 5.74) is 15.2. The van der Waals surface area contributed by atoms with E-state index in [1.54, 1.807) is 0 Å². The van der Waals surface area contributed by atoms with Gasteiger partial charge in [0.15, 0.2) is 0 Å². The highest BCUT2D eigenvalue weighted by molar-refractivity contribution is 9.10. The van der Waals surface area contributed by atoms with Crippen LogP contribution in [-0.4, -0.2) is 47.6 Å². The van der Waals surface area contributed by atoms with Gasteiger partial charge in [0.2, 0.25) is 0 Å². The molecule has 2 aliphatic rings. The Labute approximate surface area is 215 Å². The van der Waals surface area contributed by atoms with Gasteiger partial charge in [-0.25, -0.2) is 0 Å². The van der Waals surface area contributed by atoms with Gasteiger partial charge in [0.1, 0.15) is 0 Å². The largest absolute Gasteiger partial charge is 0.398 e. The molecule has 2 aromatic carbocycles. The standard InChI is InChI=1S/C29H34BrN5/c30-21-11-12-24-23(18-21)20(19-32-24)6-3-4-13-34-14-16-35(17-15-34)27-10-5-9-26-28(27)29(31)22-7-1-2-8-25(22)33-26/h5,9-12,18-19,32H,1-4,6-8,13-17H2,(H2,31,33). The van der Waals surface area contributed by atoms with E-state index in [9.17, 15) is 0 Å². The number of nitrogen functional groups attached to an aromatic ring is 1. The zero-order valence-electron chi connectivity index (χ0n) is 20.3. The lowest BCUT2D eigenvalue weighted by Crippen LogP contribution is -2.46. The number of aromatic nitrogens is 2. The lowest BCUT2D eigenvalue weighted by atomic mass is 9.92. The highest BCUT2D eigenvalue weighted by Crippen LogP contribution is 2.37. The summed E-state index contributed by atoms with van der Waals surface area (Å²) in [5.74, 6) is 0. The number of anilines is 2. The number of aromatic amines is 1. The molecule has 0 spiro atoms. The summed E-state index contributed by atoms with van der Waals surface area (Å²) in [6.45, 7) is 5.48. The highest BCUT2D eigenvalue weighted by Gasteiger charge is 2.22. The molecule has 0 amide bonds. The first-order valence-corrected chi connectivity index (χ1v) is 13.9. The second kappa shape index (κ2) is 9.82. The number of nitrogens with two attached hydrogens (primary N) is 1. The van der Waals surface area contributed by atoms with Crippen LogP contribution >= 0.6 is 15.9 Å². The van der Waals surface area contributed by atoms with Crippen LogP contribution in [0, 0.1) is 0 Å². The Morgan fingerprint density at radius 3 is 2.74 bits per heavy atom. The van der Waals surface area contributed by atoms with Crippen molar-refractivity contribution in [3.8, 4) is 0 Å². The third-order valence-corrected chi connectivity index (χ3v) is 8.42. The van der Waals surface area contributed by atoms with E-state index in [0.29, 0.717) is 0 Å². The average Bonchev–Trinajstić information content (AvgIpc) is 3.29. The fraction of sp³-hybridized carbons (Fsp3) is 0.414. The maximum absolute atomic E-state index is 6.76. The predicted octanol–water partition coefficient (Wildman–Crippen LogP) is 6.08. The van der Waals surface area contributed by atoms with E-state index in [-0.39, 0.29) is 0 Å². The number of pyridine rings is 1. The maximum atomic E-state index is 6.76. The van der Waals surface area contributed by atoms with Gasteiger partial charge in [0.05, 0.1) is 5.52 Å². The summed E-state index contributed by atoms with van der Waals surface area (Å²) in [4.78, 5) is 13.6.